The van der Waals surface area contributed by atoms with E-state index in [1.54, 1.807) is 0 Å². The van der Waals surface area contributed by atoms with Gasteiger partial charge in [-0.15, -0.1) is 0 Å². The summed E-state index contributed by atoms with van der Waals surface area (Å²) in [5, 5.41) is 13.5. The highest BCUT2D eigenvalue weighted by atomic mass is 16.3. The minimum absolute atomic E-state index is 0.0617. The van der Waals surface area contributed by atoms with Crippen LogP contribution in [-0.4, -0.2) is 23.8 Å². The van der Waals surface area contributed by atoms with Gasteiger partial charge in [0.2, 0.25) is 0 Å². The monoisotopic (exact) mass is 245 g/mol. The second-order valence-corrected chi connectivity index (χ2v) is 5.88. The van der Waals surface area contributed by atoms with Gasteiger partial charge >= 0.3 is 0 Å². The maximum Gasteiger partial charge on any atom is 0.0580 e. The van der Waals surface area contributed by atoms with Crippen LogP contribution < -0.4 is 5.32 Å². The molecule has 0 radical (unpaired) electrons. The summed E-state index contributed by atoms with van der Waals surface area (Å²) < 4.78 is 0. The summed E-state index contributed by atoms with van der Waals surface area (Å²) in [7, 11) is 0. The summed E-state index contributed by atoms with van der Waals surface area (Å²) in [5.74, 6) is 0.488. The number of rotatable bonds is 3. The zero-order valence-electron chi connectivity index (χ0n) is 10.9. The van der Waals surface area contributed by atoms with Crippen LogP contribution in [0.3, 0.4) is 0 Å². The van der Waals surface area contributed by atoms with Crippen molar-refractivity contribution >= 4 is 0 Å². The first-order valence-electron chi connectivity index (χ1n) is 7.31. The van der Waals surface area contributed by atoms with E-state index in [4.69, 9.17) is 0 Å². The fourth-order valence-electron chi connectivity index (χ4n) is 3.45. The Morgan fingerprint density at radius 1 is 1.11 bits per heavy atom. The molecule has 98 valence electrons. The van der Waals surface area contributed by atoms with Crippen molar-refractivity contribution in [3.63, 3.8) is 0 Å². The van der Waals surface area contributed by atoms with E-state index >= 15 is 0 Å². The van der Waals surface area contributed by atoms with E-state index < -0.39 is 0 Å². The molecule has 2 aliphatic carbocycles. The molecule has 0 aromatic heterocycles. The number of aliphatic hydroxyl groups is 1. The number of benzene rings is 1. The molecule has 0 spiro atoms. The molecule has 2 N–H and O–H groups in total. The summed E-state index contributed by atoms with van der Waals surface area (Å²) in [4.78, 5) is 0. The SMILES string of the molecule is OC1CCCC1CNC1CCc2ccccc2C1. The van der Waals surface area contributed by atoms with Gasteiger partial charge in [-0.3, -0.25) is 0 Å². The molecule has 2 aliphatic rings. The standard InChI is InChI=1S/C16H23NO/c18-16-7-3-6-14(16)11-17-15-9-8-12-4-1-2-5-13(12)10-15/h1-2,4-5,14-18H,3,6-11H2. The highest BCUT2D eigenvalue weighted by Crippen LogP contribution is 2.26. The molecule has 3 unspecified atom stereocenters. The molecule has 1 aromatic carbocycles. The Morgan fingerprint density at radius 2 is 1.94 bits per heavy atom. The van der Waals surface area contributed by atoms with Crippen molar-refractivity contribution in [3.05, 3.63) is 35.4 Å². The topological polar surface area (TPSA) is 32.3 Å². The largest absolute Gasteiger partial charge is 0.393 e. The molecule has 2 nitrogen and oxygen atoms in total. The third kappa shape index (κ3) is 2.60. The van der Waals surface area contributed by atoms with Crippen LogP contribution in [-0.2, 0) is 12.8 Å². The fourth-order valence-corrected chi connectivity index (χ4v) is 3.45. The van der Waals surface area contributed by atoms with Crippen molar-refractivity contribution < 1.29 is 5.11 Å². The molecule has 0 aliphatic heterocycles. The van der Waals surface area contributed by atoms with Crippen molar-refractivity contribution in [2.75, 3.05) is 6.54 Å². The van der Waals surface area contributed by atoms with Gasteiger partial charge in [-0.2, -0.15) is 0 Å². The van der Waals surface area contributed by atoms with Crippen LogP contribution in [0, 0.1) is 5.92 Å². The van der Waals surface area contributed by atoms with Crippen molar-refractivity contribution in [1.82, 2.24) is 5.32 Å². The Hall–Kier alpha value is -0.860. The first-order valence-corrected chi connectivity index (χ1v) is 7.31. The van der Waals surface area contributed by atoms with E-state index in [0.717, 1.165) is 19.4 Å². The van der Waals surface area contributed by atoms with E-state index in [2.05, 4.69) is 29.6 Å². The molecule has 2 heteroatoms. The molecule has 18 heavy (non-hydrogen) atoms. The maximum absolute atomic E-state index is 9.84. The molecule has 0 bridgehead atoms. The first-order chi connectivity index (χ1) is 8.83. The van der Waals surface area contributed by atoms with Gasteiger partial charge in [0.05, 0.1) is 6.10 Å². The summed E-state index contributed by atoms with van der Waals surface area (Å²) in [6.07, 6.45) is 6.91. The van der Waals surface area contributed by atoms with Crippen LogP contribution in [0.15, 0.2) is 24.3 Å². The molecule has 3 rings (SSSR count). The van der Waals surface area contributed by atoms with E-state index in [1.807, 2.05) is 0 Å². The first kappa shape index (κ1) is 12.2. The summed E-state index contributed by atoms with van der Waals surface area (Å²) in [6.45, 7) is 0.994. The van der Waals surface area contributed by atoms with Gasteiger partial charge in [-0.05, 0) is 49.1 Å². The number of aliphatic hydroxyl groups excluding tert-OH is 1. The van der Waals surface area contributed by atoms with Crippen LogP contribution >= 0.6 is 0 Å². The molecule has 0 heterocycles. The smallest absolute Gasteiger partial charge is 0.0580 e. The molecule has 0 saturated heterocycles. The fraction of sp³-hybridized carbons (Fsp3) is 0.625. The van der Waals surface area contributed by atoms with Gasteiger partial charge in [0, 0.05) is 12.6 Å². The second kappa shape index (κ2) is 5.41. The minimum Gasteiger partial charge on any atom is -0.393 e. The quantitative estimate of drug-likeness (QED) is 0.856. The van der Waals surface area contributed by atoms with Gasteiger partial charge in [-0.1, -0.05) is 30.7 Å². The van der Waals surface area contributed by atoms with Gasteiger partial charge < -0.3 is 10.4 Å². The van der Waals surface area contributed by atoms with E-state index in [-0.39, 0.29) is 6.10 Å². The Balaban J connectivity index is 1.53. The third-order valence-electron chi connectivity index (χ3n) is 4.63. The van der Waals surface area contributed by atoms with Crippen LogP contribution in [0.4, 0.5) is 0 Å². The normalized spacial score (nSPS) is 31.3. The lowest BCUT2D eigenvalue weighted by Crippen LogP contribution is -2.39. The lowest BCUT2D eigenvalue weighted by Gasteiger charge is -2.27. The highest BCUT2D eigenvalue weighted by molar-refractivity contribution is 5.30. The van der Waals surface area contributed by atoms with Crippen LogP contribution in [0.5, 0.6) is 0 Å². The molecule has 0 amide bonds. The van der Waals surface area contributed by atoms with Crippen molar-refractivity contribution in [3.8, 4) is 0 Å². The van der Waals surface area contributed by atoms with E-state index in [9.17, 15) is 5.11 Å². The third-order valence-corrected chi connectivity index (χ3v) is 4.63. The Labute approximate surface area is 109 Å². The highest BCUT2D eigenvalue weighted by Gasteiger charge is 2.26. The lowest BCUT2D eigenvalue weighted by atomic mass is 9.88. The predicted molar refractivity (Wildman–Crippen MR) is 73.6 cm³/mol. The lowest BCUT2D eigenvalue weighted by molar-refractivity contribution is 0.129. The predicted octanol–water partition coefficient (Wildman–Crippen LogP) is 2.29. The van der Waals surface area contributed by atoms with Crippen molar-refractivity contribution in [1.29, 1.82) is 0 Å². The molecule has 1 fully saturated rings. The summed E-state index contributed by atoms with van der Waals surface area (Å²) >= 11 is 0. The number of hydrogen-bond donors (Lipinski definition) is 2. The minimum atomic E-state index is -0.0617. The van der Waals surface area contributed by atoms with Crippen molar-refractivity contribution in [2.24, 2.45) is 5.92 Å². The van der Waals surface area contributed by atoms with Crippen LogP contribution in [0.2, 0.25) is 0 Å². The molecular formula is C16H23NO. The zero-order valence-corrected chi connectivity index (χ0v) is 10.9. The molecule has 3 atom stereocenters. The molecule has 1 aromatic rings. The van der Waals surface area contributed by atoms with Gasteiger partial charge in [-0.25, -0.2) is 0 Å². The van der Waals surface area contributed by atoms with Crippen LogP contribution in [0.1, 0.15) is 36.8 Å². The number of nitrogens with one attached hydrogen (secondary N) is 1. The van der Waals surface area contributed by atoms with Gasteiger partial charge in [0.1, 0.15) is 0 Å². The average Bonchev–Trinajstić information content (AvgIpc) is 2.82. The second-order valence-electron chi connectivity index (χ2n) is 5.88. The van der Waals surface area contributed by atoms with Gasteiger partial charge in [0.15, 0.2) is 0 Å². The Bertz CT molecular complexity index is 404. The molecule has 1 saturated carbocycles. The zero-order chi connectivity index (χ0) is 12.4. The van der Waals surface area contributed by atoms with Gasteiger partial charge in [0.25, 0.3) is 0 Å². The van der Waals surface area contributed by atoms with E-state index in [1.165, 1.54) is 36.8 Å². The summed E-state index contributed by atoms with van der Waals surface area (Å²) in [6, 6.07) is 9.40. The number of aryl methyl sites for hydroxylation is 1. The van der Waals surface area contributed by atoms with Crippen LogP contribution in [0.25, 0.3) is 0 Å². The van der Waals surface area contributed by atoms with E-state index in [0.29, 0.717) is 12.0 Å². The summed E-state index contributed by atoms with van der Waals surface area (Å²) in [5.41, 5.74) is 3.03. The Morgan fingerprint density at radius 3 is 2.72 bits per heavy atom. The molecular weight excluding hydrogens is 222 g/mol. The number of hydrogen-bond acceptors (Lipinski definition) is 2. The number of fused-ring (bicyclic) bond motifs is 1. The Kier molecular flexibility index (Phi) is 3.67. The maximum atomic E-state index is 9.84. The van der Waals surface area contributed by atoms with Crippen molar-refractivity contribution in [2.45, 2.75) is 50.7 Å². The average molecular weight is 245 g/mol.